The van der Waals surface area contributed by atoms with Gasteiger partial charge in [-0.25, -0.2) is 4.79 Å². The monoisotopic (exact) mass is 393 g/mol. The van der Waals surface area contributed by atoms with E-state index in [2.05, 4.69) is 17.6 Å². The average molecular weight is 393 g/mol. The van der Waals surface area contributed by atoms with Gasteiger partial charge in [0.05, 0.1) is 6.42 Å². The highest BCUT2D eigenvalue weighted by Crippen LogP contribution is 2.33. The maximum absolute atomic E-state index is 12.6. The van der Waals surface area contributed by atoms with Crippen LogP contribution >= 0.6 is 0 Å². The zero-order chi connectivity index (χ0) is 20.1. The second-order valence-electron chi connectivity index (χ2n) is 8.38. The molecule has 2 unspecified atom stereocenters. The molecule has 4 amide bonds. The van der Waals surface area contributed by atoms with Gasteiger partial charge in [-0.15, -0.1) is 0 Å². The van der Waals surface area contributed by atoms with Crippen LogP contribution in [0.1, 0.15) is 71.1 Å². The lowest BCUT2D eigenvalue weighted by atomic mass is 9.82. The Morgan fingerprint density at radius 3 is 2.57 bits per heavy atom. The van der Waals surface area contributed by atoms with E-state index in [9.17, 15) is 19.2 Å². The topological polar surface area (TPSA) is 105 Å². The molecule has 2 saturated carbocycles. The second-order valence-corrected chi connectivity index (χ2v) is 8.38. The van der Waals surface area contributed by atoms with Crippen molar-refractivity contribution in [2.24, 2.45) is 5.92 Å². The van der Waals surface area contributed by atoms with Gasteiger partial charge in [0.1, 0.15) is 5.54 Å². The third-order valence-corrected chi connectivity index (χ3v) is 6.31. The van der Waals surface area contributed by atoms with Crippen molar-refractivity contribution < 1.29 is 23.9 Å². The van der Waals surface area contributed by atoms with Crippen LogP contribution in [0.2, 0.25) is 0 Å². The summed E-state index contributed by atoms with van der Waals surface area (Å²) in [4.78, 5) is 49.9. The smallest absolute Gasteiger partial charge is 0.325 e. The lowest BCUT2D eigenvalue weighted by Crippen LogP contribution is -2.48. The summed E-state index contributed by atoms with van der Waals surface area (Å²) in [6, 6.07) is -0.304. The predicted octanol–water partition coefficient (Wildman–Crippen LogP) is 1.87. The first-order valence-corrected chi connectivity index (χ1v) is 10.5. The molecule has 28 heavy (non-hydrogen) atoms. The Morgan fingerprint density at radius 1 is 1.14 bits per heavy atom. The molecule has 1 heterocycles. The van der Waals surface area contributed by atoms with Crippen molar-refractivity contribution in [1.29, 1.82) is 0 Å². The van der Waals surface area contributed by atoms with E-state index in [0.717, 1.165) is 43.4 Å². The molecular weight excluding hydrogens is 362 g/mol. The van der Waals surface area contributed by atoms with Crippen molar-refractivity contribution in [3.05, 3.63) is 0 Å². The molecule has 3 rings (SSSR count). The quantitative estimate of drug-likeness (QED) is 0.529. The van der Waals surface area contributed by atoms with E-state index in [1.54, 1.807) is 0 Å². The molecule has 2 aliphatic carbocycles. The van der Waals surface area contributed by atoms with Crippen LogP contribution in [0.25, 0.3) is 0 Å². The van der Waals surface area contributed by atoms with Crippen LogP contribution in [-0.4, -0.2) is 53.4 Å². The van der Waals surface area contributed by atoms with Gasteiger partial charge >= 0.3 is 12.0 Å². The van der Waals surface area contributed by atoms with Crippen molar-refractivity contribution in [1.82, 2.24) is 15.5 Å². The first-order valence-electron chi connectivity index (χ1n) is 10.5. The van der Waals surface area contributed by atoms with Crippen LogP contribution in [0.4, 0.5) is 4.79 Å². The van der Waals surface area contributed by atoms with E-state index in [0.29, 0.717) is 18.8 Å². The minimum atomic E-state index is -0.782. The standard InChI is InChI=1S/C20H31N3O5/c1-14-7-3-4-8-15(14)21-16(24)13-28-17(25)9-12-23-18(26)20(22-19(23)27)10-5-2-6-11-20/h14-15H,2-13H2,1H3,(H,21,24)(H,22,27). The summed E-state index contributed by atoms with van der Waals surface area (Å²) in [6.07, 6.45) is 8.42. The van der Waals surface area contributed by atoms with Gasteiger partial charge in [0.25, 0.3) is 11.8 Å². The molecule has 2 N–H and O–H groups in total. The Bertz CT molecular complexity index is 629. The van der Waals surface area contributed by atoms with Gasteiger partial charge in [-0.05, 0) is 31.6 Å². The van der Waals surface area contributed by atoms with Gasteiger partial charge in [-0.1, -0.05) is 39.0 Å². The maximum atomic E-state index is 12.6. The van der Waals surface area contributed by atoms with E-state index >= 15 is 0 Å². The van der Waals surface area contributed by atoms with Crippen LogP contribution in [0.3, 0.4) is 0 Å². The molecule has 3 fully saturated rings. The highest BCUT2D eigenvalue weighted by Gasteiger charge is 2.51. The molecule has 1 saturated heterocycles. The number of amides is 4. The van der Waals surface area contributed by atoms with E-state index in [-0.39, 0.29) is 37.4 Å². The summed E-state index contributed by atoms with van der Waals surface area (Å²) in [5, 5.41) is 5.74. The number of hydrogen-bond donors (Lipinski definition) is 2. The van der Waals surface area contributed by atoms with E-state index in [4.69, 9.17) is 4.74 Å². The molecule has 156 valence electrons. The van der Waals surface area contributed by atoms with Gasteiger partial charge in [-0.2, -0.15) is 0 Å². The third kappa shape index (κ3) is 4.64. The Morgan fingerprint density at radius 2 is 1.86 bits per heavy atom. The Labute approximate surface area is 165 Å². The number of imide groups is 1. The number of nitrogens with zero attached hydrogens (tertiary/aromatic N) is 1. The molecule has 1 aliphatic heterocycles. The fraction of sp³-hybridized carbons (Fsp3) is 0.800. The lowest BCUT2D eigenvalue weighted by molar-refractivity contribution is -0.149. The lowest BCUT2D eigenvalue weighted by Gasteiger charge is -2.30. The Balaban J connectivity index is 1.40. The van der Waals surface area contributed by atoms with E-state index in [1.807, 2.05) is 0 Å². The highest BCUT2D eigenvalue weighted by molar-refractivity contribution is 6.07. The van der Waals surface area contributed by atoms with Crippen molar-refractivity contribution in [2.75, 3.05) is 13.2 Å². The van der Waals surface area contributed by atoms with Gasteiger partial charge < -0.3 is 15.4 Å². The molecule has 2 atom stereocenters. The molecule has 0 aromatic heterocycles. The molecule has 3 aliphatic rings. The largest absolute Gasteiger partial charge is 0.456 e. The van der Waals surface area contributed by atoms with Gasteiger partial charge in [-0.3, -0.25) is 19.3 Å². The first kappa shape index (κ1) is 20.6. The molecule has 0 aromatic carbocycles. The van der Waals surface area contributed by atoms with E-state index in [1.165, 1.54) is 6.42 Å². The number of ether oxygens (including phenoxy) is 1. The summed E-state index contributed by atoms with van der Waals surface area (Å²) in [6.45, 7) is 1.77. The summed E-state index contributed by atoms with van der Waals surface area (Å²) in [5.41, 5.74) is -0.782. The molecule has 0 aromatic rings. The molecule has 0 bridgehead atoms. The second kappa shape index (κ2) is 8.92. The van der Waals surface area contributed by atoms with Crippen molar-refractivity contribution >= 4 is 23.8 Å². The summed E-state index contributed by atoms with van der Waals surface area (Å²) < 4.78 is 5.03. The predicted molar refractivity (Wildman–Crippen MR) is 101 cm³/mol. The fourth-order valence-corrected chi connectivity index (χ4v) is 4.57. The first-order chi connectivity index (χ1) is 13.4. The number of rotatable bonds is 6. The van der Waals surface area contributed by atoms with Crippen LogP contribution < -0.4 is 10.6 Å². The molecule has 0 radical (unpaired) electrons. The third-order valence-electron chi connectivity index (χ3n) is 6.31. The molecule has 1 spiro atoms. The summed E-state index contributed by atoms with van der Waals surface area (Å²) in [5.74, 6) is -0.700. The molecule has 8 nitrogen and oxygen atoms in total. The molecular formula is C20H31N3O5. The number of carbonyl (C=O) groups excluding carboxylic acids is 4. The number of nitrogens with one attached hydrogen (secondary N) is 2. The Hall–Kier alpha value is -2.12. The fourth-order valence-electron chi connectivity index (χ4n) is 4.57. The number of carbonyl (C=O) groups is 4. The summed E-state index contributed by atoms with van der Waals surface area (Å²) in [7, 11) is 0. The van der Waals surface area contributed by atoms with Crippen LogP contribution in [-0.2, 0) is 19.1 Å². The van der Waals surface area contributed by atoms with Crippen LogP contribution in [0.5, 0.6) is 0 Å². The highest BCUT2D eigenvalue weighted by atomic mass is 16.5. The zero-order valence-electron chi connectivity index (χ0n) is 16.6. The SMILES string of the molecule is CC1CCCCC1NC(=O)COC(=O)CCN1C(=O)NC2(CCCCC2)C1=O. The normalized spacial score (nSPS) is 26.8. The van der Waals surface area contributed by atoms with Gasteiger partial charge in [0.15, 0.2) is 6.61 Å². The van der Waals surface area contributed by atoms with Crippen molar-refractivity contribution in [2.45, 2.75) is 82.7 Å². The van der Waals surface area contributed by atoms with Crippen LogP contribution in [0.15, 0.2) is 0 Å². The average Bonchev–Trinajstić information content (AvgIpc) is 2.90. The van der Waals surface area contributed by atoms with E-state index < -0.39 is 17.5 Å². The van der Waals surface area contributed by atoms with Crippen molar-refractivity contribution in [3.63, 3.8) is 0 Å². The van der Waals surface area contributed by atoms with Gasteiger partial charge in [0.2, 0.25) is 0 Å². The zero-order valence-corrected chi connectivity index (χ0v) is 16.6. The molecule has 8 heteroatoms. The number of esters is 1. The maximum Gasteiger partial charge on any atom is 0.325 e. The summed E-state index contributed by atoms with van der Waals surface area (Å²) >= 11 is 0. The Kier molecular flexibility index (Phi) is 6.57. The number of hydrogen-bond acceptors (Lipinski definition) is 5. The number of urea groups is 1. The van der Waals surface area contributed by atoms with Gasteiger partial charge in [0, 0.05) is 12.6 Å². The van der Waals surface area contributed by atoms with Crippen molar-refractivity contribution in [3.8, 4) is 0 Å². The minimum absolute atomic E-state index is 0.0213. The minimum Gasteiger partial charge on any atom is -0.456 e. The van der Waals surface area contributed by atoms with Crippen LogP contribution in [0, 0.1) is 5.92 Å².